The maximum absolute atomic E-state index is 8.56. The molecule has 0 aliphatic carbocycles. The summed E-state index contributed by atoms with van der Waals surface area (Å²) in [5.74, 6) is 0. The van der Waals surface area contributed by atoms with Crippen molar-refractivity contribution in [2.75, 3.05) is 0 Å². The van der Waals surface area contributed by atoms with Crippen LogP contribution in [0, 0.1) is 16.1 Å². The zero-order valence-electron chi connectivity index (χ0n) is 5.96. The van der Waals surface area contributed by atoms with Gasteiger partial charge < -0.3 is 9.97 Å². The van der Waals surface area contributed by atoms with Gasteiger partial charge in [-0.2, -0.15) is 5.26 Å². The minimum atomic E-state index is 0.521. The molecule has 0 radical (unpaired) electrons. The van der Waals surface area contributed by atoms with Gasteiger partial charge in [0.05, 0.1) is 11.1 Å². The SMILES string of the molecule is N#Cc1cnc2[nH]c(=S)[nH]c2c1. The smallest absolute Gasteiger partial charge is 0.176 e. The van der Waals surface area contributed by atoms with Gasteiger partial charge in [-0.25, -0.2) is 4.98 Å². The summed E-state index contributed by atoms with van der Waals surface area (Å²) < 4.78 is 0.521. The van der Waals surface area contributed by atoms with Gasteiger partial charge in [-0.15, -0.1) is 0 Å². The average Bonchev–Trinajstić information content (AvgIpc) is 2.43. The highest BCUT2D eigenvalue weighted by Crippen LogP contribution is 2.07. The monoisotopic (exact) mass is 176 g/mol. The fourth-order valence-corrected chi connectivity index (χ4v) is 1.19. The summed E-state index contributed by atoms with van der Waals surface area (Å²) in [5, 5.41) is 8.56. The Morgan fingerprint density at radius 2 is 2.33 bits per heavy atom. The summed E-state index contributed by atoms with van der Waals surface area (Å²) in [4.78, 5) is 9.72. The first-order chi connectivity index (χ1) is 5.79. The number of nitriles is 1. The number of rotatable bonds is 0. The number of hydrogen-bond acceptors (Lipinski definition) is 3. The van der Waals surface area contributed by atoms with Gasteiger partial charge in [0.2, 0.25) is 0 Å². The molecule has 0 saturated carbocycles. The van der Waals surface area contributed by atoms with Gasteiger partial charge in [-0.1, -0.05) is 0 Å². The van der Waals surface area contributed by atoms with Crippen LogP contribution < -0.4 is 0 Å². The molecule has 12 heavy (non-hydrogen) atoms. The lowest BCUT2D eigenvalue weighted by molar-refractivity contribution is 1.27. The summed E-state index contributed by atoms with van der Waals surface area (Å²) in [7, 11) is 0. The van der Waals surface area contributed by atoms with E-state index in [1.165, 1.54) is 6.20 Å². The Bertz CT molecular complexity index is 516. The van der Waals surface area contributed by atoms with Crippen LogP contribution in [0.2, 0.25) is 0 Å². The second-order valence-electron chi connectivity index (χ2n) is 2.31. The average molecular weight is 176 g/mol. The number of imidazole rings is 1. The van der Waals surface area contributed by atoms with E-state index in [-0.39, 0.29) is 0 Å². The fourth-order valence-electron chi connectivity index (χ4n) is 0.982. The van der Waals surface area contributed by atoms with E-state index in [0.717, 1.165) is 5.52 Å². The maximum Gasteiger partial charge on any atom is 0.176 e. The van der Waals surface area contributed by atoms with Gasteiger partial charge in [0, 0.05) is 6.20 Å². The third-order valence-electron chi connectivity index (χ3n) is 1.50. The van der Waals surface area contributed by atoms with Crippen molar-refractivity contribution < 1.29 is 0 Å². The number of nitrogens with one attached hydrogen (secondary N) is 2. The highest BCUT2D eigenvalue weighted by atomic mass is 32.1. The number of nitrogens with zero attached hydrogens (tertiary/aromatic N) is 2. The lowest BCUT2D eigenvalue weighted by Crippen LogP contribution is -1.79. The molecule has 0 aliphatic heterocycles. The first kappa shape index (κ1) is 7.00. The molecule has 0 fully saturated rings. The Labute approximate surface area is 72.9 Å². The topological polar surface area (TPSA) is 68.3 Å². The molecular weight excluding hydrogens is 172 g/mol. The normalized spacial score (nSPS) is 9.92. The Morgan fingerprint density at radius 3 is 3.08 bits per heavy atom. The largest absolute Gasteiger partial charge is 0.329 e. The minimum absolute atomic E-state index is 0.521. The number of fused-ring (bicyclic) bond motifs is 1. The molecule has 0 bridgehead atoms. The summed E-state index contributed by atoms with van der Waals surface area (Å²) in [5.41, 5.74) is 1.96. The van der Waals surface area contributed by atoms with Crippen LogP contribution in [-0.2, 0) is 0 Å². The molecule has 0 unspecified atom stereocenters. The Kier molecular flexibility index (Phi) is 1.42. The van der Waals surface area contributed by atoms with Gasteiger partial charge in [0.25, 0.3) is 0 Å². The Hall–Kier alpha value is -1.67. The van der Waals surface area contributed by atoms with Gasteiger partial charge >= 0.3 is 0 Å². The van der Waals surface area contributed by atoms with Crippen LogP contribution >= 0.6 is 12.2 Å². The molecule has 4 nitrogen and oxygen atoms in total. The zero-order chi connectivity index (χ0) is 8.55. The van der Waals surface area contributed by atoms with Crippen molar-refractivity contribution >= 4 is 23.4 Å². The molecule has 2 heterocycles. The van der Waals surface area contributed by atoms with E-state index in [1.54, 1.807) is 6.07 Å². The summed E-state index contributed by atoms with van der Waals surface area (Å²) >= 11 is 4.86. The second-order valence-corrected chi connectivity index (χ2v) is 2.72. The molecule has 2 aromatic heterocycles. The van der Waals surface area contributed by atoms with Crippen molar-refractivity contribution in [1.82, 2.24) is 15.0 Å². The van der Waals surface area contributed by atoms with Crippen LogP contribution in [0.1, 0.15) is 5.56 Å². The Morgan fingerprint density at radius 1 is 1.50 bits per heavy atom. The summed E-state index contributed by atoms with van der Waals surface area (Å²) in [6, 6.07) is 3.70. The van der Waals surface area contributed by atoms with Crippen molar-refractivity contribution in [1.29, 1.82) is 5.26 Å². The van der Waals surface area contributed by atoms with Crippen LogP contribution in [0.5, 0.6) is 0 Å². The molecule has 58 valence electrons. The molecule has 0 atom stereocenters. The number of aromatic nitrogens is 3. The van der Waals surface area contributed by atoms with E-state index in [4.69, 9.17) is 17.5 Å². The van der Waals surface area contributed by atoms with Crippen molar-refractivity contribution in [3.05, 3.63) is 22.6 Å². The first-order valence-corrected chi connectivity index (χ1v) is 3.68. The van der Waals surface area contributed by atoms with E-state index in [2.05, 4.69) is 15.0 Å². The third kappa shape index (κ3) is 0.984. The predicted molar refractivity (Wildman–Crippen MR) is 46.0 cm³/mol. The molecule has 0 saturated heterocycles. The van der Waals surface area contributed by atoms with Crippen LogP contribution in [0.3, 0.4) is 0 Å². The molecule has 2 aromatic rings. The molecular formula is C7H4N4S. The third-order valence-corrected chi connectivity index (χ3v) is 1.70. The fraction of sp³-hybridized carbons (Fsp3) is 0. The maximum atomic E-state index is 8.56. The summed E-state index contributed by atoms with van der Waals surface area (Å²) in [6.45, 7) is 0. The van der Waals surface area contributed by atoms with E-state index in [1.807, 2.05) is 6.07 Å². The molecule has 5 heteroatoms. The summed E-state index contributed by atoms with van der Waals surface area (Å²) in [6.07, 6.45) is 1.50. The van der Waals surface area contributed by atoms with Crippen LogP contribution in [0.25, 0.3) is 11.2 Å². The van der Waals surface area contributed by atoms with E-state index in [9.17, 15) is 0 Å². The first-order valence-electron chi connectivity index (χ1n) is 3.28. The van der Waals surface area contributed by atoms with Gasteiger partial charge in [-0.05, 0) is 18.3 Å². The molecule has 0 aromatic carbocycles. The van der Waals surface area contributed by atoms with Crippen molar-refractivity contribution in [3.63, 3.8) is 0 Å². The van der Waals surface area contributed by atoms with Crippen LogP contribution in [0.4, 0.5) is 0 Å². The number of aromatic amines is 2. The number of hydrogen-bond donors (Lipinski definition) is 2. The van der Waals surface area contributed by atoms with Crippen molar-refractivity contribution in [3.8, 4) is 6.07 Å². The highest BCUT2D eigenvalue weighted by molar-refractivity contribution is 7.71. The van der Waals surface area contributed by atoms with Gasteiger partial charge in [-0.3, -0.25) is 0 Å². The van der Waals surface area contributed by atoms with Gasteiger partial charge in [0.1, 0.15) is 6.07 Å². The number of pyridine rings is 1. The second kappa shape index (κ2) is 2.43. The van der Waals surface area contributed by atoms with Crippen molar-refractivity contribution in [2.24, 2.45) is 0 Å². The Balaban J connectivity index is 2.85. The molecule has 0 spiro atoms. The van der Waals surface area contributed by atoms with Crippen molar-refractivity contribution in [2.45, 2.75) is 0 Å². The molecule has 0 aliphatic rings. The standard InChI is InChI=1S/C7H4N4S/c8-2-4-1-5-6(9-3-4)11-7(12)10-5/h1,3H,(H2,9,10,11,12). The lowest BCUT2D eigenvalue weighted by atomic mass is 10.3. The van der Waals surface area contributed by atoms with Crippen LogP contribution in [-0.4, -0.2) is 15.0 Å². The lowest BCUT2D eigenvalue weighted by Gasteiger charge is -1.86. The predicted octanol–water partition coefficient (Wildman–Crippen LogP) is 1.49. The van der Waals surface area contributed by atoms with Gasteiger partial charge in [0.15, 0.2) is 10.4 Å². The molecule has 2 N–H and O–H groups in total. The van der Waals surface area contributed by atoms with E-state index in [0.29, 0.717) is 16.0 Å². The van der Waals surface area contributed by atoms with Crippen LogP contribution in [0.15, 0.2) is 12.3 Å². The van der Waals surface area contributed by atoms with E-state index >= 15 is 0 Å². The minimum Gasteiger partial charge on any atom is -0.329 e. The highest BCUT2D eigenvalue weighted by Gasteiger charge is 1.97. The zero-order valence-corrected chi connectivity index (χ0v) is 6.77. The molecule has 0 amide bonds. The van der Waals surface area contributed by atoms with E-state index < -0.39 is 0 Å². The number of H-pyrrole nitrogens is 2. The quantitative estimate of drug-likeness (QED) is 0.597. The molecule has 2 rings (SSSR count).